The quantitative estimate of drug-likeness (QED) is 0.781. The van der Waals surface area contributed by atoms with E-state index in [0.29, 0.717) is 23.7 Å². The molecular weight excluding hydrogens is 350 g/mol. The first-order valence-electron chi connectivity index (χ1n) is 7.35. The lowest BCUT2D eigenvalue weighted by atomic mass is 10.2. The first-order valence-corrected chi connectivity index (χ1v) is 9.65. The zero-order chi connectivity index (χ0) is 17.7. The van der Waals surface area contributed by atoms with Gasteiger partial charge in [0.2, 0.25) is 15.9 Å². The number of nitrogens with zero attached hydrogens (tertiary/aromatic N) is 1. The van der Waals surface area contributed by atoms with Gasteiger partial charge in [-0.3, -0.25) is 4.79 Å². The molecule has 0 atom stereocenters. The number of hydrogen-bond acceptors (Lipinski definition) is 6. The molecule has 0 aliphatic carbocycles. The monoisotopic (exact) mass is 369 g/mol. The zero-order valence-corrected chi connectivity index (χ0v) is 15.3. The molecular formula is C15H19N3O4S2. The summed E-state index contributed by atoms with van der Waals surface area (Å²) in [7, 11) is -3.46. The van der Waals surface area contributed by atoms with Gasteiger partial charge < -0.3 is 9.84 Å². The molecule has 2 N–H and O–H groups in total. The fourth-order valence-electron chi connectivity index (χ4n) is 1.86. The number of amides is 1. The van der Waals surface area contributed by atoms with Gasteiger partial charge in [-0.15, -0.1) is 11.3 Å². The minimum atomic E-state index is -3.46. The Balaban J connectivity index is 2.18. The van der Waals surface area contributed by atoms with Gasteiger partial charge in [0.05, 0.1) is 0 Å². The van der Waals surface area contributed by atoms with Crippen LogP contribution in [0.4, 0.5) is 5.69 Å². The van der Waals surface area contributed by atoms with Gasteiger partial charge in [-0.25, -0.2) is 13.1 Å². The van der Waals surface area contributed by atoms with Gasteiger partial charge in [0.15, 0.2) is 5.76 Å². The van der Waals surface area contributed by atoms with Gasteiger partial charge in [0.1, 0.15) is 15.6 Å². The molecule has 0 saturated carbocycles. The summed E-state index contributed by atoms with van der Waals surface area (Å²) < 4.78 is 32.1. The topological polar surface area (TPSA) is 101 Å². The highest BCUT2D eigenvalue weighted by molar-refractivity contribution is 7.91. The molecule has 130 valence electrons. The highest BCUT2D eigenvalue weighted by Crippen LogP contribution is 2.26. The summed E-state index contributed by atoms with van der Waals surface area (Å²) in [5, 5.41) is 6.48. The Labute approximate surface area is 144 Å². The molecule has 0 spiro atoms. The number of nitrogens with one attached hydrogen (secondary N) is 2. The SMILES string of the molecule is CCCNS(=O)(=O)c1ccc(/C=C/c2onc(C)c2NC(C)=O)s1. The molecule has 0 aromatic carbocycles. The normalized spacial score (nSPS) is 12.0. The van der Waals surface area contributed by atoms with Crippen LogP contribution in [0.2, 0.25) is 0 Å². The number of sulfonamides is 1. The summed E-state index contributed by atoms with van der Waals surface area (Å²) in [4.78, 5) is 12.0. The molecule has 0 bridgehead atoms. The Bertz CT molecular complexity index is 850. The number of aryl methyl sites for hydroxylation is 1. The molecule has 2 rings (SSSR count). The Morgan fingerprint density at radius 1 is 1.38 bits per heavy atom. The van der Waals surface area contributed by atoms with E-state index in [-0.39, 0.29) is 10.1 Å². The first kappa shape index (κ1) is 18.4. The van der Waals surface area contributed by atoms with Crippen LogP contribution in [0.15, 0.2) is 20.9 Å². The summed E-state index contributed by atoms with van der Waals surface area (Å²) in [6.45, 7) is 5.43. The van der Waals surface area contributed by atoms with E-state index in [0.717, 1.165) is 22.6 Å². The van der Waals surface area contributed by atoms with E-state index >= 15 is 0 Å². The largest absolute Gasteiger partial charge is 0.354 e. The van der Waals surface area contributed by atoms with Crippen molar-refractivity contribution >= 4 is 45.1 Å². The Morgan fingerprint density at radius 2 is 2.12 bits per heavy atom. The third-order valence-corrected chi connectivity index (χ3v) is 6.00. The second-order valence-corrected chi connectivity index (χ2v) is 8.19. The standard InChI is InChI=1S/C15H19N3O4S2/c1-4-9-16-24(20,21)14-8-6-12(23-14)5-7-13-15(17-11(3)19)10(2)18-22-13/h5-8,16H,4,9H2,1-3H3,(H,17,19)/b7-5+. The Hall–Kier alpha value is -1.97. The van der Waals surface area contributed by atoms with Gasteiger partial charge in [0, 0.05) is 18.3 Å². The molecule has 2 aromatic heterocycles. The number of carbonyl (C=O) groups is 1. The predicted octanol–water partition coefficient (Wildman–Crippen LogP) is 2.86. The summed E-state index contributed by atoms with van der Waals surface area (Å²) in [5.74, 6) is 0.187. The molecule has 2 heterocycles. The van der Waals surface area contributed by atoms with E-state index in [1.54, 1.807) is 31.2 Å². The van der Waals surface area contributed by atoms with E-state index in [4.69, 9.17) is 4.52 Å². The number of rotatable bonds is 7. The fraction of sp³-hybridized carbons (Fsp3) is 0.333. The summed E-state index contributed by atoms with van der Waals surface area (Å²) in [5.41, 5.74) is 1.08. The van der Waals surface area contributed by atoms with Gasteiger partial charge in [0.25, 0.3) is 0 Å². The number of aromatic nitrogens is 1. The van der Waals surface area contributed by atoms with Crippen molar-refractivity contribution in [1.82, 2.24) is 9.88 Å². The van der Waals surface area contributed by atoms with Crippen LogP contribution in [0, 0.1) is 6.92 Å². The molecule has 0 radical (unpaired) electrons. The molecule has 24 heavy (non-hydrogen) atoms. The molecule has 0 saturated heterocycles. The Morgan fingerprint density at radius 3 is 2.79 bits per heavy atom. The predicted molar refractivity (Wildman–Crippen MR) is 94.3 cm³/mol. The highest BCUT2D eigenvalue weighted by atomic mass is 32.2. The van der Waals surface area contributed by atoms with Gasteiger partial charge in [-0.05, 0) is 37.6 Å². The highest BCUT2D eigenvalue weighted by Gasteiger charge is 2.16. The van der Waals surface area contributed by atoms with E-state index in [9.17, 15) is 13.2 Å². The molecule has 7 nitrogen and oxygen atoms in total. The van der Waals surface area contributed by atoms with Crippen LogP contribution in [0.1, 0.15) is 36.6 Å². The van der Waals surface area contributed by atoms with Crippen molar-refractivity contribution < 1.29 is 17.7 Å². The molecule has 9 heteroatoms. The van der Waals surface area contributed by atoms with E-state index < -0.39 is 10.0 Å². The van der Waals surface area contributed by atoms with Crippen LogP contribution >= 0.6 is 11.3 Å². The molecule has 0 aliphatic heterocycles. The fourth-order valence-corrected chi connectivity index (χ4v) is 4.27. The van der Waals surface area contributed by atoms with Crippen LogP contribution in [-0.4, -0.2) is 26.0 Å². The molecule has 0 unspecified atom stereocenters. The number of carbonyl (C=O) groups excluding carboxylic acids is 1. The van der Waals surface area contributed by atoms with Crippen molar-refractivity contribution in [2.75, 3.05) is 11.9 Å². The maximum atomic E-state index is 12.1. The number of anilines is 1. The van der Waals surface area contributed by atoms with Crippen LogP contribution < -0.4 is 10.0 Å². The molecule has 2 aromatic rings. The lowest BCUT2D eigenvalue weighted by molar-refractivity contribution is -0.114. The van der Waals surface area contributed by atoms with Gasteiger partial charge in [-0.2, -0.15) is 0 Å². The summed E-state index contributed by atoms with van der Waals surface area (Å²) in [6, 6.07) is 3.27. The van der Waals surface area contributed by atoms with Crippen LogP contribution in [0.3, 0.4) is 0 Å². The van der Waals surface area contributed by atoms with Crippen molar-refractivity contribution in [2.24, 2.45) is 0 Å². The average Bonchev–Trinajstić information content (AvgIpc) is 3.12. The lowest BCUT2D eigenvalue weighted by Crippen LogP contribution is -2.23. The van der Waals surface area contributed by atoms with E-state index in [1.807, 2.05) is 6.92 Å². The molecule has 1 amide bonds. The van der Waals surface area contributed by atoms with Crippen molar-refractivity contribution in [3.05, 3.63) is 28.5 Å². The maximum Gasteiger partial charge on any atom is 0.250 e. The second-order valence-electron chi connectivity index (χ2n) is 5.08. The lowest BCUT2D eigenvalue weighted by Gasteiger charge is -2.01. The third kappa shape index (κ3) is 4.53. The first-order chi connectivity index (χ1) is 11.3. The minimum Gasteiger partial charge on any atom is -0.354 e. The minimum absolute atomic E-state index is 0.220. The van der Waals surface area contributed by atoms with E-state index in [2.05, 4.69) is 15.2 Å². The number of hydrogen-bond donors (Lipinski definition) is 2. The molecule has 0 fully saturated rings. The van der Waals surface area contributed by atoms with Gasteiger partial charge in [-0.1, -0.05) is 12.1 Å². The maximum absolute atomic E-state index is 12.1. The van der Waals surface area contributed by atoms with E-state index in [1.165, 1.54) is 6.92 Å². The average molecular weight is 369 g/mol. The van der Waals surface area contributed by atoms with Crippen LogP contribution in [0.25, 0.3) is 12.2 Å². The zero-order valence-electron chi connectivity index (χ0n) is 13.6. The smallest absolute Gasteiger partial charge is 0.250 e. The number of thiophene rings is 1. The molecule has 0 aliphatic rings. The second kappa shape index (κ2) is 7.73. The van der Waals surface area contributed by atoms with Crippen molar-refractivity contribution in [1.29, 1.82) is 0 Å². The van der Waals surface area contributed by atoms with Crippen LogP contribution in [-0.2, 0) is 14.8 Å². The Kier molecular flexibility index (Phi) is 5.92. The van der Waals surface area contributed by atoms with Crippen molar-refractivity contribution in [3.8, 4) is 0 Å². The van der Waals surface area contributed by atoms with Gasteiger partial charge >= 0.3 is 0 Å². The summed E-state index contributed by atoms with van der Waals surface area (Å²) in [6.07, 6.45) is 4.09. The van der Waals surface area contributed by atoms with Crippen molar-refractivity contribution in [3.63, 3.8) is 0 Å². The summed E-state index contributed by atoms with van der Waals surface area (Å²) >= 11 is 1.15. The third-order valence-electron chi connectivity index (χ3n) is 3.00. The van der Waals surface area contributed by atoms with Crippen LogP contribution in [0.5, 0.6) is 0 Å². The van der Waals surface area contributed by atoms with Crippen molar-refractivity contribution in [2.45, 2.75) is 31.4 Å².